The Morgan fingerprint density at radius 2 is 0.562 bits per heavy atom. The first kappa shape index (κ1) is 68.8. The quantitative estimate of drug-likeness (QED) is 0.0261. The van der Waals surface area contributed by atoms with Gasteiger partial charge in [-0.25, -0.2) is 0 Å². The molecule has 0 aliphatic carbocycles. The molecule has 0 unspecified atom stereocenters. The average Bonchev–Trinajstić information content (AvgIpc) is 3.39. The van der Waals surface area contributed by atoms with Crippen LogP contribution < -0.4 is 0 Å². The highest BCUT2D eigenvalue weighted by Gasteiger charge is 2.19. The summed E-state index contributed by atoms with van der Waals surface area (Å²) < 4.78 is 16.8. The number of hydrogen-bond acceptors (Lipinski definition) is 6. The number of rotatable bonds is 53. The van der Waals surface area contributed by atoms with Crippen LogP contribution in [0.15, 0.2) is 122 Å². The molecule has 0 N–H and O–H groups in total. The van der Waals surface area contributed by atoms with Crippen LogP contribution in [-0.4, -0.2) is 37.2 Å². The van der Waals surface area contributed by atoms with Gasteiger partial charge in [0.15, 0.2) is 6.10 Å². The fraction of sp³-hybridized carbons (Fsp3) is 0.657. The molecule has 0 fully saturated rings. The summed E-state index contributed by atoms with van der Waals surface area (Å²) in [5.74, 6) is -1.02. The minimum absolute atomic E-state index is 0.116. The summed E-state index contributed by atoms with van der Waals surface area (Å²) in [6, 6.07) is 0. The summed E-state index contributed by atoms with van der Waals surface area (Å²) in [5.41, 5.74) is 0. The molecule has 414 valence electrons. The molecule has 0 radical (unpaired) electrons. The van der Waals surface area contributed by atoms with E-state index in [2.05, 4.69) is 136 Å². The molecule has 0 aromatic rings. The number of unbranched alkanes of at least 4 members (excludes halogenated alkanes) is 22. The summed E-state index contributed by atoms with van der Waals surface area (Å²) in [6.07, 6.45) is 83.4. The van der Waals surface area contributed by atoms with Gasteiger partial charge in [-0.05, 0) is 122 Å². The standard InChI is InChI=1S/C67H110O6/c1-4-7-10-13-16-19-22-25-28-31-33-36-39-42-45-48-51-54-57-60-66(69)72-63-64(62-71-65(68)59-56-53-50-47-44-41-38-35-30-27-24-21-18-15-12-9-6-3)73-67(70)61-58-55-52-49-46-43-40-37-34-32-29-26-23-20-17-14-11-8-5-2/h7,10,16,18-19,21,25-30,33,36,38,41-42,45,51,54,64H,4-6,8-9,11-15,17,20,22-24,31-32,34-35,37,39-40,43-44,46-50,52-53,55-63H2,1-3H3/b10-7-,19-16-,21-18-,28-25-,29-26-,30-27-,36-33-,41-38-,45-42-,54-51-/t64-/m1/s1. The van der Waals surface area contributed by atoms with Crippen LogP contribution in [-0.2, 0) is 28.6 Å². The molecule has 1 atom stereocenters. The maximum Gasteiger partial charge on any atom is 0.306 e. The first-order valence-electron chi connectivity index (χ1n) is 30.0. The van der Waals surface area contributed by atoms with Crippen LogP contribution in [0.25, 0.3) is 0 Å². The lowest BCUT2D eigenvalue weighted by molar-refractivity contribution is -0.166. The molecule has 6 nitrogen and oxygen atoms in total. The molecule has 73 heavy (non-hydrogen) atoms. The topological polar surface area (TPSA) is 78.9 Å². The molecule has 6 heteroatoms. The fourth-order valence-corrected chi connectivity index (χ4v) is 7.94. The van der Waals surface area contributed by atoms with Crippen molar-refractivity contribution in [1.82, 2.24) is 0 Å². The molecular formula is C67H110O6. The van der Waals surface area contributed by atoms with Crippen LogP contribution in [0.1, 0.15) is 265 Å². The van der Waals surface area contributed by atoms with E-state index in [4.69, 9.17) is 14.2 Å². The highest BCUT2D eigenvalue weighted by atomic mass is 16.6. The Kier molecular flexibility index (Phi) is 56.9. The molecule has 0 aliphatic rings. The fourth-order valence-electron chi connectivity index (χ4n) is 7.94. The predicted octanol–water partition coefficient (Wildman–Crippen LogP) is 20.4. The van der Waals surface area contributed by atoms with Gasteiger partial charge in [0.2, 0.25) is 0 Å². The molecule has 0 heterocycles. The molecule has 0 bridgehead atoms. The third-order valence-corrected chi connectivity index (χ3v) is 12.4. The highest BCUT2D eigenvalue weighted by Crippen LogP contribution is 2.14. The van der Waals surface area contributed by atoms with Crippen LogP contribution in [0, 0.1) is 0 Å². The molecule has 0 rings (SSSR count). The van der Waals surface area contributed by atoms with Crippen LogP contribution in [0.5, 0.6) is 0 Å². The third-order valence-electron chi connectivity index (χ3n) is 12.4. The monoisotopic (exact) mass is 1010 g/mol. The second-order valence-corrected chi connectivity index (χ2v) is 19.5. The summed E-state index contributed by atoms with van der Waals surface area (Å²) in [5, 5.41) is 0. The zero-order valence-electron chi connectivity index (χ0n) is 47.4. The lowest BCUT2D eigenvalue weighted by Crippen LogP contribution is -2.30. The van der Waals surface area contributed by atoms with Gasteiger partial charge in [-0.15, -0.1) is 0 Å². The highest BCUT2D eigenvalue weighted by molar-refractivity contribution is 5.71. The van der Waals surface area contributed by atoms with Gasteiger partial charge in [-0.1, -0.05) is 245 Å². The summed E-state index contributed by atoms with van der Waals surface area (Å²) in [6.45, 7) is 6.41. The van der Waals surface area contributed by atoms with Crippen molar-refractivity contribution >= 4 is 17.9 Å². The molecule has 0 aromatic carbocycles. The van der Waals surface area contributed by atoms with E-state index in [1.54, 1.807) is 0 Å². The van der Waals surface area contributed by atoms with E-state index in [1.165, 1.54) is 116 Å². The van der Waals surface area contributed by atoms with Crippen molar-refractivity contribution in [3.8, 4) is 0 Å². The van der Waals surface area contributed by atoms with Crippen molar-refractivity contribution in [2.75, 3.05) is 13.2 Å². The number of ether oxygens (including phenoxy) is 3. The van der Waals surface area contributed by atoms with E-state index >= 15 is 0 Å². The van der Waals surface area contributed by atoms with Crippen molar-refractivity contribution in [1.29, 1.82) is 0 Å². The van der Waals surface area contributed by atoms with Gasteiger partial charge in [-0.2, -0.15) is 0 Å². The van der Waals surface area contributed by atoms with Crippen LogP contribution in [0.4, 0.5) is 0 Å². The lowest BCUT2D eigenvalue weighted by atomic mass is 10.1. The Morgan fingerprint density at radius 3 is 0.959 bits per heavy atom. The van der Waals surface area contributed by atoms with E-state index in [0.29, 0.717) is 19.3 Å². The minimum atomic E-state index is -0.823. The molecule has 0 saturated carbocycles. The normalized spacial score (nSPS) is 13.0. The van der Waals surface area contributed by atoms with Crippen LogP contribution >= 0.6 is 0 Å². The Hall–Kier alpha value is -4.19. The SMILES string of the molecule is CC/C=C\C/C=C\C/C=C\C/C=C\C/C=C\C/C=C\CCC(=O)OC[C@@H](COC(=O)CCCCCC/C=C\C/C=C\C/C=C\CCCCC)OC(=O)CCCCCCCCCCC/C=C\CCCCCCCC. The molecule has 0 aliphatic heterocycles. The minimum Gasteiger partial charge on any atom is -0.462 e. The van der Waals surface area contributed by atoms with Crippen molar-refractivity contribution < 1.29 is 28.6 Å². The molecule has 0 amide bonds. The van der Waals surface area contributed by atoms with Crippen molar-refractivity contribution in [2.24, 2.45) is 0 Å². The average molecular weight is 1010 g/mol. The smallest absolute Gasteiger partial charge is 0.306 e. The Bertz CT molecular complexity index is 1540. The predicted molar refractivity (Wildman–Crippen MR) is 316 cm³/mol. The van der Waals surface area contributed by atoms with Crippen LogP contribution in [0.2, 0.25) is 0 Å². The van der Waals surface area contributed by atoms with Crippen LogP contribution in [0.3, 0.4) is 0 Å². The van der Waals surface area contributed by atoms with Gasteiger partial charge in [0.1, 0.15) is 13.2 Å². The van der Waals surface area contributed by atoms with E-state index in [9.17, 15) is 14.4 Å². The lowest BCUT2D eigenvalue weighted by Gasteiger charge is -2.18. The van der Waals surface area contributed by atoms with Crippen molar-refractivity contribution in [2.45, 2.75) is 271 Å². The van der Waals surface area contributed by atoms with Crippen molar-refractivity contribution in [3.63, 3.8) is 0 Å². The zero-order chi connectivity index (χ0) is 52.9. The maximum atomic E-state index is 12.9. The van der Waals surface area contributed by atoms with Crippen molar-refractivity contribution in [3.05, 3.63) is 122 Å². The summed E-state index contributed by atoms with van der Waals surface area (Å²) in [7, 11) is 0. The van der Waals surface area contributed by atoms with Gasteiger partial charge < -0.3 is 14.2 Å². The van der Waals surface area contributed by atoms with Gasteiger partial charge >= 0.3 is 17.9 Å². The van der Waals surface area contributed by atoms with Gasteiger partial charge in [0, 0.05) is 19.3 Å². The third kappa shape index (κ3) is 58.6. The Morgan fingerprint density at radius 1 is 0.288 bits per heavy atom. The largest absolute Gasteiger partial charge is 0.462 e. The number of esters is 3. The van der Waals surface area contributed by atoms with Gasteiger partial charge in [0.05, 0.1) is 0 Å². The van der Waals surface area contributed by atoms with Gasteiger partial charge in [0.25, 0.3) is 0 Å². The number of allylic oxidation sites excluding steroid dienone is 20. The van der Waals surface area contributed by atoms with E-state index in [0.717, 1.165) is 103 Å². The molecule has 0 aromatic heterocycles. The molecule has 0 saturated heterocycles. The second kappa shape index (κ2) is 60.4. The molecule has 0 spiro atoms. The first-order chi connectivity index (χ1) is 36.0. The Balaban J connectivity index is 4.54. The summed E-state index contributed by atoms with van der Waals surface area (Å²) >= 11 is 0. The molecular weight excluding hydrogens is 901 g/mol. The number of carbonyl (C=O) groups is 3. The number of carbonyl (C=O) groups excluding carboxylic acids is 3. The van der Waals surface area contributed by atoms with E-state index in [1.807, 2.05) is 6.08 Å². The second-order valence-electron chi connectivity index (χ2n) is 19.5. The maximum absolute atomic E-state index is 12.9. The van der Waals surface area contributed by atoms with E-state index < -0.39 is 6.10 Å². The summed E-state index contributed by atoms with van der Waals surface area (Å²) in [4.78, 5) is 38.2. The first-order valence-corrected chi connectivity index (χ1v) is 30.0. The Labute approximate surface area is 450 Å². The van der Waals surface area contributed by atoms with E-state index in [-0.39, 0.29) is 37.5 Å². The number of hydrogen-bond donors (Lipinski definition) is 0. The van der Waals surface area contributed by atoms with Gasteiger partial charge in [-0.3, -0.25) is 14.4 Å². The zero-order valence-corrected chi connectivity index (χ0v) is 47.4.